The van der Waals surface area contributed by atoms with Gasteiger partial charge < -0.3 is 10.1 Å². The van der Waals surface area contributed by atoms with E-state index in [1.165, 1.54) is 0 Å². The van der Waals surface area contributed by atoms with Crippen molar-refractivity contribution in [1.82, 2.24) is 4.98 Å². The molecule has 0 spiro atoms. The molecule has 2 rings (SSSR count). The first-order chi connectivity index (χ1) is 9.51. The first-order valence-electron chi connectivity index (χ1n) is 6.05. The first kappa shape index (κ1) is 15.2. The number of nitrogens with zero attached hydrogens (tertiary/aromatic N) is 1. The summed E-state index contributed by atoms with van der Waals surface area (Å²) in [6.45, 7) is 4.57. The molecule has 106 valence electrons. The summed E-state index contributed by atoms with van der Waals surface area (Å²) < 4.78 is 5.74. The van der Waals surface area contributed by atoms with E-state index in [1.807, 2.05) is 19.9 Å². The number of rotatable bonds is 4. The second-order valence-corrected chi connectivity index (χ2v) is 5.40. The fourth-order valence-electron chi connectivity index (χ4n) is 1.60. The van der Waals surface area contributed by atoms with Crippen LogP contribution in [0.2, 0.25) is 15.1 Å². The Morgan fingerprint density at radius 1 is 1.15 bits per heavy atom. The van der Waals surface area contributed by atoms with Gasteiger partial charge in [-0.3, -0.25) is 0 Å². The highest BCUT2D eigenvalue weighted by Crippen LogP contribution is 2.35. The smallest absolute Gasteiger partial charge is 0.240 e. The minimum atomic E-state index is 0.289. The maximum Gasteiger partial charge on any atom is 0.240 e. The van der Waals surface area contributed by atoms with Gasteiger partial charge in [-0.2, -0.15) is 4.98 Å². The van der Waals surface area contributed by atoms with Crippen molar-refractivity contribution in [1.29, 1.82) is 0 Å². The summed E-state index contributed by atoms with van der Waals surface area (Å²) in [5.74, 6) is 1.43. The van der Waals surface area contributed by atoms with E-state index in [-0.39, 0.29) is 5.88 Å². The van der Waals surface area contributed by atoms with Crippen LogP contribution in [0.3, 0.4) is 0 Å². The third-order valence-electron chi connectivity index (χ3n) is 2.60. The van der Waals surface area contributed by atoms with Crippen molar-refractivity contribution < 1.29 is 4.74 Å². The normalized spacial score (nSPS) is 10.4. The van der Waals surface area contributed by atoms with Crippen molar-refractivity contribution in [2.24, 2.45) is 0 Å². The van der Waals surface area contributed by atoms with E-state index >= 15 is 0 Å². The van der Waals surface area contributed by atoms with Gasteiger partial charge in [0.25, 0.3) is 0 Å². The molecule has 0 radical (unpaired) electrons. The predicted molar refractivity (Wildman–Crippen MR) is 84.7 cm³/mol. The zero-order chi connectivity index (χ0) is 14.7. The molecule has 0 bridgehead atoms. The number of aryl methyl sites for hydroxylation is 1. The average molecular weight is 332 g/mol. The maximum atomic E-state index is 6.11. The Hall–Kier alpha value is -1.16. The number of halogens is 3. The van der Waals surface area contributed by atoms with Crippen molar-refractivity contribution in [3.8, 4) is 11.6 Å². The highest BCUT2D eigenvalue weighted by molar-refractivity contribution is 6.36. The molecule has 0 amide bonds. The lowest BCUT2D eigenvalue weighted by molar-refractivity contribution is 0.460. The topological polar surface area (TPSA) is 34.2 Å². The molecule has 20 heavy (non-hydrogen) atoms. The Balaban J connectivity index is 2.37. The van der Waals surface area contributed by atoms with Gasteiger partial charge in [0.2, 0.25) is 5.88 Å². The summed E-state index contributed by atoms with van der Waals surface area (Å²) in [4.78, 5) is 4.29. The quantitative estimate of drug-likeness (QED) is 0.794. The molecule has 1 aromatic heterocycles. The minimum absolute atomic E-state index is 0.289. The van der Waals surface area contributed by atoms with Gasteiger partial charge in [-0.25, -0.2) is 0 Å². The molecule has 3 nitrogen and oxygen atoms in total. The van der Waals surface area contributed by atoms with Crippen molar-refractivity contribution in [2.75, 3.05) is 11.9 Å². The molecule has 0 aliphatic rings. The van der Waals surface area contributed by atoms with E-state index < -0.39 is 0 Å². The number of hydrogen-bond donors (Lipinski definition) is 1. The van der Waals surface area contributed by atoms with Crippen molar-refractivity contribution >= 4 is 40.6 Å². The van der Waals surface area contributed by atoms with E-state index in [9.17, 15) is 0 Å². The van der Waals surface area contributed by atoms with Crippen LogP contribution in [0.25, 0.3) is 0 Å². The van der Waals surface area contributed by atoms with E-state index in [0.717, 1.165) is 5.56 Å². The number of pyridine rings is 1. The van der Waals surface area contributed by atoms with E-state index in [0.29, 0.717) is 33.2 Å². The van der Waals surface area contributed by atoms with Crippen LogP contribution in [0.5, 0.6) is 11.6 Å². The van der Waals surface area contributed by atoms with Gasteiger partial charge in [-0.05, 0) is 37.6 Å². The zero-order valence-corrected chi connectivity index (χ0v) is 13.3. The molecule has 0 aliphatic heterocycles. The zero-order valence-electron chi connectivity index (χ0n) is 11.0. The standard InChI is InChI=1S/C14H13Cl3N2O/c1-3-18-13-10(16)7-11(17)14(19-13)20-12-6-9(15)5-4-8(12)2/h4-7H,3H2,1-2H3,(H,18,19). The third kappa shape index (κ3) is 3.48. The van der Waals surface area contributed by atoms with Gasteiger partial charge in [-0.15, -0.1) is 0 Å². The molecule has 0 fully saturated rings. The number of benzene rings is 1. The summed E-state index contributed by atoms with van der Waals surface area (Å²) in [5.41, 5.74) is 0.937. The molecule has 0 aliphatic carbocycles. The van der Waals surface area contributed by atoms with Gasteiger partial charge in [0, 0.05) is 11.6 Å². The average Bonchev–Trinajstić information content (AvgIpc) is 2.39. The van der Waals surface area contributed by atoms with Crippen LogP contribution in [-0.2, 0) is 0 Å². The Morgan fingerprint density at radius 3 is 2.60 bits per heavy atom. The Labute approximate surface area is 132 Å². The first-order valence-corrected chi connectivity index (χ1v) is 7.18. The molecule has 1 heterocycles. The summed E-state index contributed by atoms with van der Waals surface area (Å²) in [7, 11) is 0. The lowest BCUT2D eigenvalue weighted by Gasteiger charge is -2.12. The third-order valence-corrected chi connectivity index (χ3v) is 3.39. The van der Waals surface area contributed by atoms with Crippen LogP contribution in [0.4, 0.5) is 5.82 Å². The van der Waals surface area contributed by atoms with Crippen LogP contribution >= 0.6 is 34.8 Å². The molecule has 0 saturated heterocycles. The molecule has 1 aromatic carbocycles. The lowest BCUT2D eigenvalue weighted by atomic mass is 10.2. The summed E-state index contributed by atoms with van der Waals surface area (Å²) in [5, 5.41) is 4.43. The number of hydrogen-bond acceptors (Lipinski definition) is 3. The van der Waals surface area contributed by atoms with Gasteiger partial charge in [-0.1, -0.05) is 40.9 Å². The van der Waals surface area contributed by atoms with Crippen LogP contribution in [0.1, 0.15) is 12.5 Å². The highest BCUT2D eigenvalue weighted by Gasteiger charge is 2.12. The highest BCUT2D eigenvalue weighted by atomic mass is 35.5. The van der Waals surface area contributed by atoms with Gasteiger partial charge in [0.15, 0.2) is 0 Å². The number of anilines is 1. The van der Waals surface area contributed by atoms with Crippen molar-refractivity contribution in [2.45, 2.75) is 13.8 Å². The van der Waals surface area contributed by atoms with E-state index in [2.05, 4.69) is 10.3 Å². The van der Waals surface area contributed by atoms with Gasteiger partial charge in [0.05, 0.1) is 5.02 Å². The molecule has 0 saturated carbocycles. The second kappa shape index (κ2) is 6.53. The minimum Gasteiger partial charge on any atom is -0.437 e. The Kier molecular flexibility index (Phi) is 4.97. The number of aromatic nitrogens is 1. The summed E-state index contributed by atoms with van der Waals surface area (Å²) in [6.07, 6.45) is 0. The largest absolute Gasteiger partial charge is 0.437 e. The molecular formula is C14H13Cl3N2O. The lowest BCUT2D eigenvalue weighted by Crippen LogP contribution is -2.01. The number of nitrogens with one attached hydrogen (secondary N) is 1. The van der Waals surface area contributed by atoms with Crippen molar-refractivity contribution in [3.05, 3.63) is 44.9 Å². The summed E-state index contributed by atoms with van der Waals surface area (Å²) >= 11 is 18.1. The molecule has 6 heteroatoms. The van der Waals surface area contributed by atoms with Crippen molar-refractivity contribution in [3.63, 3.8) is 0 Å². The van der Waals surface area contributed by atoms with E-state index in [4.69, 9.17) is 39.5 Å². The van der Waals surface area contributed by atoms with Crippen LogP contribution in [0.15, 0.2) is 24.3 Å². The fourth-order valence-corrected chi connectivity index (χ4v) is 2.23. The second-order valence-electron chi connectivity index (χ2n) is 4.15. The Bertz CT molecular complexity index is 632. The molecule has 0 atom stereocenters. The van der Waals surface area contributed by atoms with Crippen LogP contribution in [-0.4, -0.2) is 11.5 Å². The van der Waals surface area contributed by atoms with Gasteiger partial charge >= 0.3 is 0 Å². The van der Waals surface area contributed by atoms with E-state index in [1.54, 1.807) is 18.2 Å². The predicted octanol–water partition coefficient (Wildman–Crippen LogP) is 5.57. The Morgan fingerprint density at radius 2 is 1.90 bits per heavy atom. The van der Waals surface area contributed by atoms with Gasteiger partial charge in [0.1, 0.15) is 16.6 Å². The summed E-state index contributed by atoms with van der Waals surface area (Å²) in [6, 6.07) is 6.98. The molecule has 0 unspecified atom stereocenters. The van der Waals surface area contributed by atoms with Crippen LogP contribution in [0, 0.1) is 6.92 Å². The molecular weight excluding hydrogens is 319 g/mol. The number of ether oxygens (including phenoxy) is 1. The fraction of sp³-hybridized carbons (Fsp3) is 0.214. The maximum absolute atomic E-state index is 6.11. The monoisotopic (exact) mass is 330 g/mol. The molecule has 1 N–H and O–H groups in total. The van der Waals surface area contributed by atoms with Crippen LogP contribution < -0.4 is 10.1 Å². The SMILES string of the molecule is CCNc1nc(Oc2cc(Cl)ccc2C)c(Cl)cc1Cl. The molecule has 2 aromatic rings.